The summed E-state index contributed by atoms with van der Waals surface area (Å²) in [5.41, 5.74) is 2.86. The Morgan fingerprint density at radius 3 is 1.26 bits per heavy atom. The van der Waals surface area contributed by atoms with Crippen molar-refractivity contribution < 1.29 is 0 Å². The molecule has 0 aliphatic heterocycles. The average Bonchev–Trinajstić information content (AvgIpc) is 2.88. The van der Waals surface area contributed by atoms with Crippen LogP contribution in [0, 0.1) is 0 Å². The van der Waals surface area contributed by atoms with Gasteiger partial charge in [0.25, 0.3) is 0 Å². The molecule has 190 valence electrons. The minimum Gasteiger partial charge on any atom is -0.317 e. The maximum absolute atomic E-state index is 3.70. The molecule has 0 aromatic heterocycles. The molecule has 0 bridgehead atoms. The van der Waals surface area contributed by atoms with Crippen molar-refractivity contribution in [1.29, 1.82) is 0 Å². The van der Waals surface area contributed by atoms with Crippen LogP contribution in [0.1, 0.15) is 133 Å². The molecule has 0 aliphatic rings. The van der Waals surface area contributed by atoms with E-state index in [1.807, 2.05) is 0 Å². The van der Waals surface area contributed by atoms with Crippen LogP contribution in [0.15, 0.2) is 60.7 Å². The number of hydrogen-bond acceptors (Lipinski definition) is 1. The van der Waals surface area contributed by atoms with Gasteiger partial charge >= 0.3 is 0 Å². The summed E-state index contributed by atoms with van der Waals surface area (Å²) in [4.78, 5) is 0. The number of unbranched alkanes of at least 4 members (excludes halogenated alkanes) is 15. The van der Waals surface area contributed by atoms with E-state index in [0.717, 1.165) is 19.5 Å². The Labute approximate surface area is 212 Å². The maximum atomic E-state index is 3.70. The summed E-state index contributed by atoms with van der Waals surface area (Å²) < 4.78 is 0. The summed E-state index contributed by atoms with van der Waals surface area (Å²) >= 11 is 0. The van der Waals surface area contributed by atoms with E-state index in [-0.39, 0.29) is 0 Å². The molecule has 2 rings (SSSR count). The summed E-state index contributed by atoms with van der Waals surface area (Å²) in [6, 6.07) is 22.0. The quantitative estimate of drug-likeness (QED) is 0.171. The first-order valence-electron chi connectivity index (χ1n) is 14.7. The van der Waals surface area contributed by atoms with Gasteiger partial charge in [-0.25, -0.2) is 0 Å². The molecule has 0 radical (unpaired) electrons. The number of rotatable bonds is 22. The van der Waals surface area contributed by atoms with E-state index >= 15 is 0 Å². The summed E-state index contributed by atoms with van der Waals surface area (Å²) in [5.74, 6) is 0.487. The van der Waals surface area contributed by atoms with E-state index in [1.54, 1.807) is 0 Å². The molecule has 1 nitrogen and oxygen atoms in total. The third-order valence-electron chi connectivity index (χ3n) is 7.22. The molecule has 1 N–H and O–H groups in total. The second-order valence-corrected chi connectivity index (χ2v) is 10.2. The Hall–Kier alpha value is -1.60. The van der Waals surface area contributed by atoms with Crippen LogP contribution >= 0.6 is 0 Å². The Morgan fingerprint density at radius 1 is 0.471 bits per heavy atom. The zero-order chi connectivity index (χ0) is 23.9. The fourth-order valence-electron chi connectivity index (χ4n) is 5.07. The SMILES string of the molecule is CCCCCCCCCCCCCCCCCCNCCC(c1ccccc1)c1ccccc1. The van der Waals surface area contributed by atoms with E-state index in [1.165, 1.54) is 114 Å². The van der Waals surface area contributed by atoms with E-state index in [2.05, 4.69) is 72.9 Å². The molecule has 0 saturated carbocycles. The highest BCUT2D eigenvalue weighted by Crippen LogP contribution is 2.27. The van der Waals surface area contributed by atoms with Gasteiger partial charge in [0.1, 0.15) is 0 Å². The van der Waals surface area contributed by atoms with Gasteiger partial charge in [0.2, 0.25) is 0 Å². The van der Waals surface area contributed by atoms with E-state index < -0.39 is 0 Å². The predicted octanol–water partition coefficient (Wildman–Crippen LogP) is 10.1. The number of hydrogen-bond donors (Lipinski definition) is 1. The second-order valence-electron chi connectivity index (χ2n) is 10.2. The van der Waals surface area contributed by atoms with Crippen LogP contribution in [0.4, 0.5) is 0 Å². The monoisotopic (exact) mass is 463 g/mol. The van der Waals surface area contributed by atoms with Gasteiger partial charge in [0.05, 0.1) is 0 Å². The fraction of sp³-hybridized carbons (Fsp3) is 0.636. The largest absolute Gasteiger partial charge is 0.317 e. The lowest BCUT2D eigenvalue weighted by Gasteiger charge is -2.18. The molecule has 1 heteroatoms. The van der Waals surface area contributed by atoms with Crippen LogP contribution in [0.2, 0.25) is 0 Å². The zero-order valence-corrected chi connectivity index (χ0v) is 22.3. The van der Waals surface area contributed by atoms with Gasteiger partial charge in [0.15, 0.2) is 0 Å². The molecule has 0 unspecified atom stereocenters. The van der Waals surface area contributed by atoms with Gasteiger partial charge in [0, 0.05) is 5.92 Å². The van der Waals surface area contributed by atoms with Crippen molar-refractivity contribution in [3.8, 4) is 0 Å². The molecule has 0 heterocycles. The van der Waals surface area contributed by atoms with Crippen LogP contribution in [0.5, 0.6) is 0 Å². The van der Waals surface area contributed by atoms with Crippen molar-refractivity contribution in [3.63, 3.8) is 0 Å². The highest BCUT2D eigenvalue weighted by molar-refractivity contribution is 5.32. The Morgan fingerprint density at radius 2 is 0.853 bits per heavy atom. The molecule has 0 aliphatic carbocycles. The molecular weight excluding hydrogens is 410 g/mol. The average molecular weight is 464 g/mol. The van der Waals surface area contributed by atoms with Gasteiger partial charge in [-0.3, -0.25) is 0 Å². The van der Waals surface area contributed by atoms with Gasteiger partial charge in [-0.05, 0) is 37.1 Å². The van der Waals surface area contributed by atoms with Crippen LogP contribution in [-0.2, 0) is 0 Å². The molecule has 2 aromatic rings. The van der Waals surface area contributed by atoms with E-state index in [9.17, 15) is 0 Å². The predicted molar refractivity (Wildman–Crippen MR) is 152 cm³/mol. The molecule has 0 spiro atoms. The summed E-state index contributed by atoms with van der Waals surface area (Å²) in [5, 5.41) is 3.70. The molecular formula is C33H53N. The second kappa shape index (κ2) is 20.7. The van der Waals surface area contributed by atoms with Crippen LogP contribution in [-0.4, -0.2) is 13.1 Å². The van der Waals surface area contributed by atoms with Gasteiger partial charge in [-0.1, -0.05) is 164 Å². The highest BCUT2D eigenvalue weighted by Gasteiger charge is 2.13. The molecule has 2 aromatic carbocycles. The lowest BCUT2D eigenvalue weighted by molar-refractivity contribution is 0.523. The maximum Gasteiger partial charge on any atom is 0.0101 e. The van der Waals surface area contributed by atoms with Crippen molar-refractivity contribution in [2.24, 2.45) is 0 Å². The standard InChI is InChI=1S/C33H53N/c1-2-3-4-5-6-7-8-9-10-11-12-13-14-15-16-23-29-34-30-28-33(31-24-19-17-20-25-31)32-26-21-18-22-27-32/h17-22,24-27,33-34H,2-16,23,28-30H2,1H3. The molecule has 0 atom stereocenters. The Bertz CT molecular complexity index is 626. The third kappa shape index (κ3) is 14.0. The van der Waals surface area contributed by atoms with Crippen LogP contribution in [0.25, 0.3) is 0 Å². The van der Waals surface area contributed by atoms with Crippen molar-refractivity contribution in [2.75, 3.05) is 13.1 Å². The highest BCUT2D eigenvalue weighted by atomic mass is 14.8. The van der Waals surface area contributed by atoms with E-state index in [0.29, 0.717) is 5.92 Å². The van der Waals surface area contributed by atoms with Crippen molar-refractivity contribution in [2.45, 2.75) is 122 Å². The van der Waals surface area contributed by atoms with Crippen molar-refractivity contribution in [3.05, 3.63) is 71.8 Å². The topological polar surface area (TPSA) is 12.0 Å². The summed E-state index contributed by atoms with van der Waals surface area (Å²) in [6.07, 6.45) is 24.1. The first kappa shape index (κ1) is 28.6. The third-order valence-corrected chi connectivity index (χ3v) is 7.22. The fourth-order valence-corrected chi connectivity index (χ4v) is 5.07. The lowest BCUT2D eigenvalue weighted by Crippen LogP contribution is -2.19. The zero-order valence-electron chi connectivity index (χ0n) is 22.3. The minimum atomic E-state index is 0.487. The smallest absolute Gasteiger partial charge is 0.0101 e. The lowest BCUT2D eigenvalue weighted by atomic mass is 9.88. The summed E-state index contributed by atoms with van der Waals surface area (Å²) in [7, 11) is 0. The first-order chi connectivity index (χ1) is 16.9. The molecule has 0 saturated heterocycles. The van der Waals surface area contributed by atoms with Gasteiger partial charge in [-0.15, -0.1) is 0 Å². The van der Waals surface area contributed by atoms with Crippen molar-refractivity contribution in [1.82, 2.24) is 5.32 Å². The van der Waals surface area contributed by atoms with Crippen LogP contribution in [0.3, 0.4) is 0 Å². The Kier molecular flexibility index (Phi) is 17.5. The van der Waals surface area contributed by atoms with E-state index in [4.69, 9.17) is 0 Å². The van der Waals surface area contributed by atoms with Gasteiger partial charge in [-0.2, -0.15) is 0 Å². The number of nitrogens with one attached hydrogen (secondary N) is 1. The normalized spacial score (nSPS) is 11.4. The molecule has 0 amide bonds. The molecule has 0 fully saturated rings. The van der Waals surface area contributed by atoms with Crippen LogP contribution < -0.4 is 5.32 Å². The first-order valence-corrected chi connectivity index (χ1v) is 14.7. The Balaban J connectivity index is 1.39. The summed E-state index contributed by atoms with van der Waals surface area (Å²) in [6.45, 7) is 4.55. The molecule has 34 heavy (non-hydrogen) atoms. The number of benzene rings is 2. The minimum absolute atomic E-state index is 0.487. The van der Waals surface area contributed by atoms with Crippen molar-refractivity contribution >= 4 is 0 Å². The van der Waals surface area contributed by atoms with Gasteiger partial charge < -0.3 is 5.32 Å².